The molecule has 14 heavy (non-hydrogen) atoms. The van der Waals surface area contributed by atoms with Crippen LogP contribution in [0.3, 0.4) is 0 Å². The zero-order chi connectivity index (χ0) is 11.2. The van der Waals surface area contributed by atoms with Gasteiger partial charge in [-0.2, -0.15) is 13.2 Å². The third kappa shape index (κ3) is 8.18. The molecule has 3 nitrogen and oxygen atoms in total. The largest absolute Gasteiger partial charge is 0.441 e. The van der Waals surface area contributed by atoms with E-state index in [4.69, 9.17) is 5.73 Å². The molecule has 0 aromatic rings. The van der Waals surface area contributed by atoms with Crippen molar-refractivity contribution in [2.45, 2.75) is 12.4 Å². The van der Waals surface area contributed by atoms with Crippen molar-refractivity contribution in [1.29, 1.82) is 0 Å². The maximum Gasteiger partial charge on any atom is 0.441 e. The molecule has 84 valence electrons. The Morgan fingerprint density at radius 3 is 2.57 bits per heavy atom. The molecule has 0 aliphatic heterocycles. The Morgan fingerprint density at radius 2 is 2.14 bits per heavy atom. The van der Waals surface area contributed by atoms with Crippen LogP contribution in [0.4, 0.5) is 13.2 Å². The van der Waals surface area contributed by atoms with E-state index in [0.717, 1.165) is 0 Å². The summed E-state index contributed by atoms with van der Waals surface area (Å²) in [6, 6.07) is 0. The van der Waals surface area contributed by atoms with Crippen molar-refractivity contribution in [2.24, 2.45) is 11.7 Å². The molecule has 3 N–H and O–H groups in total. The average Bonchev–Trinajstić information content (AvgIpc) is 2.01. The predicted molar refractivity (Wildman–Crippen MR) is 49.7 cm³/mol. The fourth-order valence-corrected chi connectivity index (χ4v) is 1.14. The number of carbonyl (C=O) groups excluding carboxylic acids is 1. The van der Waals surface area contributed by atoms with Crippen molar-refractivity contribution in [3.8, 4) is 0 Å². The number of alkyl halides is 3. The Bertz CT molecular complexity index is 186. The van der Waals surface area contributed by atoms with Gasteiger partial charge in [0.15, 0.2) is 0 Å². The first-order valence-corrected chi connectivity index (χ1v) is 5.02. The minimum absolute atomic E-state index is 0.0605. The first-order valence-electron chi connectivity index (χ1n) is 4.03. The number of hydrogen-bond acceptors (Lipinski definition) is 3. The van der Waals surface area contributed by atoms with Crippen LogP contribution < -0.4 is 11.1 Å². The fourth-order valence-electron chi connectivity index (χ4n) is 0.658. The molecule has 0 heterocycles. The van der Waals surface area contributed by atoms with Gasteiger partial charge in [-0.05, 0) is 11.8 Å². The molecule has 1 atom stereocenters. The summed E-state index contributed by atoms with van der Waals surface area (Å²) in [7, 11) is 0. The maximum absolute atomic E-state index is 11.6. The molecular weight excluding hydrogens is 217 g/mol. The zero-order valence-electron chi connectivity index (χ0n) is 7.73. The quantitative estimate of drug-likeness (QED) is 0.668. The van der Waals surface area contributed by atoms with Gasteiger partial charge in [0, 0.05) is 24.8 Å². The standard InChI is InChI=1S/C7H13F3N2OS/c1-5(6(11)13)4-12-2-3-14-7(8,9)10/h5,12H,2-4H2,1H3,(H2,11,13). The summed E-state index contributed by atoms with van der Waals surface area (Å²) in [5.74, 6) is -0.874. The lowest BCUT2D eigenvalue weighted by Crippen LogP contribution is -2.32. The highest BCUT2D eigenvalue weighted by Gasteiger charge is 2.27. The topological polar surface area (TPSA) is 55.1 Å². The van der Waals surface area contributed by atoms with E-state index >= 15 is 0 Å². The van der Waals surface area contributed by atoms with E-state index in [1.807, 2.05) is 0 Å². The van der Waals surface area contributed by atoms with Crippen molar-refractivity contribution in [2.75, 3.05) is 18.8 Å². The maximum atomic E-state index is 11.6. The first kappa shape index (κ1) is 13.6. The van der Waals surface area contributed by atoms with Gasteiger partial charge in [-0.3, -0.25) is 4.79 Å². The number of nitrogens with one attached hydrogen (secondary N) is 1. The number of hydrogen-bond donors (Lipinski definition) is 2. The zero-order valence-corrected chi connectivity index (χ0v) is 8.54. The van der Waals surface area contributed by atoms with E-state index < -0.39 is 11.4 Å². The molecule has 0 saturated carbocycles. The highest BCUT2D eigenvalue weighted by Crippen LogP contribution is 2.29. The van der Waals surface area contributed by atoms with E-state index in [0.29, 0.717) is 6.54 Å². The van der Waals surface area contributed by atoms with Gasteiger partial charge in [-0.25, -0.2) is 0 Å². The van der Waals surface area contributed by atoms with Crippen molar-refractivity contribution >= 4 is 17.7 Å². The Morgan fingerprint density at radius 1 is 1.57 bits per heavy atom. The number of carbonyl (C=O) groups is 1. The number of rotatable bonds is 6. The van der Waals surface area contributed by atoms with Crippen LogP contribution in [0.1, 0.15) is 6.92 Å². The molecule has 0 aliphatic rings. The summed E-state index contributed by atoms with van der Waals surface area (Å²) < 4.78 is 34.9. The molecule has 1 unspecified atom stereocenters. The number of thioether (sulfide) groups is 1. The van der Waals surface area contributed by atoms with Crippen LogP contribution in [0.5, 0.6) is 0 Å². The molecule has 1 amide bonds. The summed E-state index contributed by atoms with van der Waals surface area (Å²) in [5, 5.41) is 2.72. The summed E-state index contributed by atoms with van der Waals surface area (Å²) in [5.41, 5.74) is 0.772. The smallest absolute Gasteiger partial charge is 0.369 e. The minimum Gasteiger partial charge on any atom is -0.369 e. The van der Waals surface area contributed by atoms with Gasteiger partial charge < -0.3 is 11.1 Å². The lowest BCUT2D eigenvalue weighted by molar-refractivity contribution is -0.121. The van der Waals surface area contributed by atoms with Crippen LogP contribution in [0.25, 0.3) is 0 Å². The third-order valence-electron chi connectivity index (χ3n) is 1.48. The van der Waals surface area contributed by atoms with Crippen LogP contribution in [-0.2, 0) is 4.79 Å². The highest BCUT2D eigenvalue weighted by molar-refractivity contribution is 8.00. The Labute approximate surface area is 84.6 Å². The molecule has 0 rings (SSSR count). The summed E-state index contributed by atoms with van der Waals surface area (Å²) in [4.78, 5) is 10.5. The van der Waals surface area contributed by atoms with Crippen LogP contribution in [0.15, 0.2) is 0 Å². The van der Waals surface area contributed by atoms with Crippen molar-refractivity contribution in [1.82, 2.24) is 5.32 Å². The Hall–Kier alpha value is -0.430. The van der Waals surface area contributed by atoms with Gasteiger partial charge >= 0.3 is 5.51 Å². The van der Waals surface area contributed by atoms with E-state index in [2.05, 4.69) is 5.32 Å². The third-order valence-corrected chi connectivity index (χ3v) is 2.22. The van der Waals surface area contributed by atoms with Gasteiger partial charge in [0.1, 0.15) is 0 Å². The molecule has 0 aromatic carbocycles. The highest BCUT2D eigenvalue weighted by atomic mass is 32.2. The number of halogens is 3. The van der Waals surface area contributed by atoms with Crippen molar-refractivity contribution in [3.05, 3.63) is 0 Å². The molecule has 0 fully saturated rings. The Kier molecular flexibility index (Phi) is 5.94. The lowest BCUT2D eigenvalue weighted by Gasteiger charge is -2.09. The molecule has 0 radical (unpaired) electrons. The molecule has 0 saturated heterocycles. The number of nitrogens with two attached hydrogens (primary N) is 1. The first-order chi connectivity index (χ1) is 6.33. The van der Waals surface area contributed by atoms with Crippen molar-refractivity contribution < 1.29 is 18.0 Å². The van der Waals surface area contributed by atoms with Gasteiger partial charge in [0.2, 0.25) is 5.91 Å². The van der Waals surface area contributed by atoms with E-state index in [1.54, 1.807) is 6.92 Å². The normalized spacial score (nSPS) is 14.0. The second-order valence-corrected chi connectivity index (χ2v) is 3.96. The van der Waals surface area contributed by atoms with Crippen LogP contribution in [-0.4, -0.2) is 30.3 Å². The molecule has 0 spiro atoms. The second kappa shape index (κ2) is 6.13. The summed E-state index contributed by atoms with van der Waals surface area (Å²) in [6.07, 6.45) is 0. The van der Waals surface area contributed by atoms with E-state index in [1.165, 1.54) is 0 Å². The second-order valence-electron chi connectivity index (χ2n) is 2.80. The predicted octanol–water partition coefficient (Wildman–Crippen LogP) is 0.950. The van der Waals surface area contributed by atoms with E-state index in [-0.39, 0.29) is 30.0 Å². The average molecular weight is 230 g/mol. The van der Waals surface area contributed by atoms with Gasteiger partial charge in [0.05, 0.1) is 0 Å². The SMILES string of the molecule is CC(CNCCSC(F)(F)F)C(N)=O. The lowest BCUT2D eigenvalue weighted by atomic mass is 10.2. The minimum atomic E-state index is -4.18. The number of primary amides is 1. The molecule has 0 bridgehead atoms. The van der Waals surface area contributed by atoms with Gasteiger partial charge in [-0.1, -0.05) is 6.92 Å². The monoisotopic (exact) mass is 230 g/mol. The fraction of sp³-hybridized carbons (Fsp3) is 0.857. The van der Waals surface area contributed by atoms with Crippen LogP contribution in [0, 0.1) is 5.92 Å². The Balaban J connectivity index is 3.35. The van der Waals surface area contributed by atoms with Gasteiger partial charge in [0.25, 0.3) is 0 Å². The van der Waals surface area contributed by atoms with Crippen LogP contribution in [0.2, 0.25) is 0 Å². The van der Waals surface area contributed by atoms with Crippen LogP contribution >= 0.6 is 11.8 Å². The molecule has 0 aromatic heterocycles. The summed E-state index contributed by atoms with van der Waals surface area (Å²) >= 11 is -0.0850. The summed E-state index contributed by atoms with van der Waals surface area (Å²) in [6.45, 7) is 2.14. The van der Waals surface area contributed by atoms with E-state index in [9.17, 15) is 18.0 Å². The number of amides is 1. The molecular formula is C7H13F3N2OS. The molecule has 7 heteroatoms. The molecule has 0 aliphatic carbocycles. The van der Waals surface area contributed by atoms with Gasteiger partial charge in [-0.15, -0.1) is 0 Å². The van der Waals surface area contributed by atoms with Crippen molar-refractivity contribution in [3.63, 3.8) is 0 Å².